The van der Waals surface area contributed by atoms with Gasteiger partial charge in [-0.2, -0.15) is 9.97 Å². The highest BCUT2D eigenvalue weighted by Crippen LogP contribution is 2.20. The number of nitrogens with two attached hydrogens (primary N) is 1. The Morgan fingerprint density at radius 3 is 2.54 bits per heavy atom. The second-order valence-electron chi connectivity index (χ2n) is 4.76. The number of aromatic nitrogens is 4. The average molecular weight is 329 g/mol. The number of nitrogen functional groups attached to an aromatic ring is 1. The molecule has 0 aliphatic heterocycles. The summed E-state index contributed by atoms with van der Waals surface area (Å²) in [6.07, 6.45) is 1.71. The number of fused-ring (bicyclic) bond motifs is 1. The largest absolute Gasteiger partial charge is 0.461 e. The highest BCUT2D eigenvalue weighted by atomic mass is 16.5. The van der Waals surface area contributed by atoms with Crippen LogP contribution in [0, 0.1) is 0 Å². The van der Waals surface area contributed by atoms with Gasteiger partial charge in [0, 0.05) is 7.11 Å². The van der Waals surface area contributed by atoms with Crippen LogP contribution in [0.15, 0.2) is 36.7 Å². The number of benzene rings is 1. The summed E-state index contributed by atoms with van der Waals surface area (Å²) in [5, 5.41) is 0. The van der Waals surface area contributed by atoms with Crippen molar-refractivity contribution in [1.29, 1.82) is 0 Å². The lowest BCUT2D eigenvalue weighted by Crippen LogP contribution is -2.09. The Labute approximate surface area is 141 Å². The molecular formula is C17H23N5O2. The molecule has 0 atom stereocenters. The Morgan fingerprint density at radius 1 is 1.08 bits per heavy atom. The van der Waals surface area contributed by atoms with E-state index in [0.717, 1.165) is 5.56 Å². The van der Waals surface area contributed by atoms with Crippen molar-refractivity contribution < 1.29 is 9.47 Å². The molecule has 2 aromatic heterocycles. The van der Waals surface area contributed by atoms with Gasteiger partial charge in [0.05, 0.1) is 19.5 Å². The van der Waals surface area contributed by atoms with E-state index >= 15 is 0 Å². The molecule has 0 saturated heterocycles. The molecule has 0 bridgehead atoms. The van der Waals surface area contributed by atoms with E-state index in [1.807, 2.05) is 48.7 Å². The second-order valence-corrected chi connectivity index (χ2v) is 4.76. The van der Waals surface area contributed by atoms with Crippen LogP contribution in [0.25, 0.3) is 11.2 Å². The van der Waals surface area contributed by atoms with E-state index in [0.29, 0.717) is 36.7 Å². The van der Waals surface area contributed by atoms with Gasteiger partial charge in [-0.1, -0.05) is 44.2 Å². The van der Waals surface area contributed by atoms with Gasteiger partial charge in [-0.3, -0.25) is 0 Å². The van der Waals surface area contributed by atoms with E-state index < -0.39 is 0 Å². The monoisotopic (exact) mass is 329 g/mol. The van der Waals surface area contributed by atoms with Crippen molar-refractivity contribution in [3.8, 4) is 6.01 Å². The van der Waals surface area contributed by atoms with Crippen LogP contribution in [0.3, 0.4) is 0 Å². The molecule has 3 rings (SSSR count). The van der Waals surface area contributed by atoms with Crippen molar-refractivity contribution in [3.05, 3.63) is 42.2 Å². The third-order valence-electron chi connectivity index (χ3n) is 3.18. The van der Waals surface area contributed by atoms with Crippen molar-refractivity contribution in [2.75, 3.05) is 26.1 Å². The lowest BCUT2D eigenvalue weighted by molar-refractivity contribution is 0.141. The van der Waals surface area contributed by atoms with Crippen molar-refractivity contribution >= 4 is 17.0 Å². The van der Waals surface area contributed by atoms with Gasteiger partial charge in [0.1, 0.15) is 6.61 Å². The van der Waals surface area contributed by atoms with Gasteiger partial charge >= 0.3 is 6.01 Å². The number of imidazole rings is 1. The van der Waals surface area contributed by atoms with Crippen molar-refractivity contribution in [1.82, 2.24) is 19.5 Å². The molecule has 0 spiro atoms. The fourth-order valence-electron chi connectivity index (χ4n) is 2.12. The number of hydrogen-bond acceptors (Lipinski definition) is 6. The number of rotatable bonds is 6. The fourth-order valence-corrected chi connectivity index (χ4v) is 2.12. The maximum atomic E-state index is 5.93. The Bertz CT molecular complexity index is 758. The lowest BCUT2D eigenvalue weighted by atomic mass is 10.2. The van der Waals surface area contributed by atoms with Crippen LogP contribution in [0.5, 0.6) is 6.01 Å². The third-order valence-corrected chi connectivity index (χ3v) is 3.18. The van der Waals surface area contributed by atoms with Crippen LogP contribution in [0.4, 0.5) is 5.82 Å². The molecule has 128 valence electrons. The fraction of sp³-hybridized carbons (Fsp3) is 0.353. The first-order valence-electron chi connectivity index (χ1n) is 7.92. The van der Waals surface area contributed by atoms with E-state index in [9.17, 15) is 0 Å². The minimum absolute atomic E-state index is 0.233. The maximum Gasteiger partial charge on any atom is 0.320 e. The molecule has 7 nitrogen and oxygen atoms in total. The summed E-state index contributed by atoms with van der Waals surface area (Å²) in [7, 11) is 1.61. The van der Waals surface area contributed by atoms with Crippen LogP contribution in [-0.4, -0.2) is 39.8 Å². The average Bonchev–Trinajstić information content (AvgIpc) is 3.01. The Morgan fingerprint density at radius 2 is 1.83 bits per heavy atom. The van der Waals surface area contributed by atoms with E-state index in [1.54, 1.807) is 13.4 Å². The SMILES string of the molecule is CC.COCCOc1nc(N)c2ncn(Cc3ccccc3)c2n1. The van der Waals surface area contributed by atoms with Crippen LogP contribution >= 0.6 is 0 Å². The number of anilines is 1. The summed E-state index contributed by atoms with van der Waals surface area (Å²) in [4.78, 5) is 12.8. The number of nitrogens with zero attached hydrogens (tertiary/aromatic N) is 4. The van der Waals surface area contributed by atoms with Crippen LogP contribution in [0.2, 0.25) is 0 Å². The van der Waals surface area contributed by atoms with Crippen molar-refractivity contribution in [3.63, 3.8) is 0 Å². The van der Waals surface area contributed by atoms with Gasteiger partial charge in [-0.05, 0) is 5.56 Å². The molecule has 0 aliphatic carbocycles. The first-order chi connectivity index (χ1) is 11.8. The summed E-state index contributed by atoms with van der Waals surface area (Å²) in [5.74, 6) is 0.309. The molecule has 2 heterocycles. The number of methoxy groups -OCH3 is 1. The predicted molar refractivity (Wildman–Crippen MR) is 94.0 cm³/mol. The molecule has 0 amide bonds. The first-order valence-corrected chi connectivity index (χ1v) is 7.92. The highest BCUT2D eigenvalue weighted by molar-refractivity contribution is 5.81. The molecule has 2 N–H and O–H groups in total. The first kappa shape index (κ1) is 17.7. The summed E-state index contributed by atoms with van der Waals surface area (Å²) in [6, 6.07) is 10.3. The van der Waals surface area contributed by atoms with Crippen LogP contribution in [0.1, 0.15) is 19.4 Å². The lowest BCUT2D eigenvalue weighted by Gasteiger charge is -2.07. The molecule has 0 aliphatic rings. The Hall–Kier alpha value is -2.67. The van der Waals surface area contributed by atoms with E-state index in [4.69, 9.17) is 15.2 Å². The van der Waals surface area contributed by atoms with Gasteiger partial charge in [-0.15, -0.1) is 0 Å². The van der Waals surface area contributed by atoms with Gasteiger partial charge in [-0.25, -0.2) is 4.98 Å². The molecule has 3 aromatic rings. The molecule has 0 fully saturated rings. The Balaban J connectivity index is 0.00000100. The smallest absolute Gasteiger partial charge is 0.320 e. The maximum absolute atomic E-state index is 5.93. The molecule has 7 heteroatoms. The normalized spacial score (nSPS) is 10.3. The molecule has 0 saturated carbocycles. The highest BCUT2D eigenvalue weighted by Gasteiger charge is 2.12. The number of hydrogen-bond donors (Lipinski definition) is 1. The summed E-state index contributed by atoms with van der Waals surface area (Å²) in [5.41, 5.74) is 8.32. The third kappa shape index (κ3) is 4.20. The van der Waals surface area contributed by atoms with E-state index in [1.165, 1.54) is 0 Å². The summed E-state index contributed by atoms with van der Waals surface area (Å²) < 4.78 is 12.3. The Kier molecular flexibility index (Phi) is 6.51. The van der Waals surface area contributed by atoms with Gasteiger partial charge in [0.25, 0.3) is 0 Å². The topological polar surface area (TPSA) is 88.1 Å². The van der Waals surface area contributed by atoms with Crippen molar-refractivity contribution in [2.45, 2.75) is 20.4 Å². The minimum atomic E-state index is 0.233. The molecule has 24 heavy (non-hydrogen) atoms. The summed E-state index contributed by atoms with van der Waals surface area (Å²) >= 11 is 0. The quantitative estimate of drug-likeness (QED) is 0.699. The molecule has 0 unspecified atom stereocenters. The zero-order valence-corrected chi connectivity index (χ0v) is 14.3. The summed E-state index contributed by atoms with van der Waals surface area (Å²) in [6.45, 7) is 5.49. The van der Waals surface area contributed by atoms with Gasteiger partial charge in [0.2, 0.25) is 0 Å². The van der Waals surface area contributed by atoms with E-state index in [-0.39, 0.29) is 6.01 Å². The standard InChI is InChI=1S/C15H17N5O2.C2H6/c1-21-7-8-22-15-18-13(16)12-14(19-15)20(10-17-12)9-11-5-3-2-4-6-11;1-2/h2-6,10H,7-9H2,1H3,(H2,16,18,19);1-2H3. The van der Waals surface area contributed by atoms with Crippen LogP contribution < -0.4 is 10.5 Å². The zero-order valence-electron chi connectivity index (χ0n) is 14.3. The molecular weight excluding hydrogens is 306 g/mol. The van der Waals surface area contributed by atoms with Crippen molar-refractivity contribution in [2.24, 2.45) is 0 Å². The van der Waals surface area contributed by atoms with Gasteiger partial charge < -0.3 is 19.8 Å². The van der Waals surface area contributed by atoms with Crippen LogP contribution in [-0.2, 0) is 11.3 Å². The second kappa shape index (κ2) is 8.83. The number of ether oxygens (including phenoxy) is 2. The van der Waals surface area contributed by atoms with Gasteiger partial charge in [0.15, 0.2) is 17.0 Å². The zero-order chi connectivity index (χ0) is 17.4. The molecule has 0 radical (unpaired) electrons. The molecule has 1 aromatic carbocycles. The van der Waals surface area contributed by atoms with E-state index in [2.05, 4.69) is 15.0 Å². The minimum Gasteiger partial charge on any atom is -0.461 e. The predicted octanol–water partition coefficient (Wildman–Crippen LogP) is 2.51.